The molecule has 5 heteroatoms. The Morgan fingerprint density at radius 1 is 0.968 bits per heavy atom. The monoisotopic (exact) mass is 414 g/mol. The molecule has 1 N–H and O–H groups in total. The average Bonchev–Trinajstić information content (AvgIpc) is 3.20. The zero-order valence-corrected chi connectivity index (χ0v) is 17.6. The minimum absolute atomic E-state index is 0.133. The third-order valence-electron chi connectivity index (χ3n) is 5.47. The largest absolute Gasteiger partial charge is 0.494 e. The van der Waals surface area contributed by atoms with Crippen molar-refractivity contribution in [3.8, 4) is 5.75 Å². The molecule has 0 radical (unpaired) electrons. The Kier molecular flexibility index (Phi) is 6.32. The summed E-state index contributed by atoms with van der Waals surface area (Å²) in [5.74, 6) is 0.553. The summed E-state index contributed by atoms with van der Waals surface area (Å²) in [6.45, 7) is 3.10. The maximum Gasteiger partial charge on any atom is 0.259 e. The van der Waals surface area contributed by atoms with Gasteiger partial charge in [-0.15, -0.1) is 0 Å². The predicted molar refractivity (Wildman–Crippen MR) is 122 cm³/mol. The lowest BCUT2D eigenvalue weighted by atomic mass is 10.1. The van der Waals surface area contributed by atoms with E-state index in [2.05, 4.69) is 5.32 Å². The number of ether oxygens (including phenoxy) is 1. The van der Waals surface area contributed by atoms with Gasteiger partial charge in [-0.25, -0.2) is 0 Å². The van der Waals surface area contributed by atoms with E-state index >= 15 is 0 Å². The van der Waals surface area contributed by atoms with Crippen LogP contribution in [0.4, 0.5) is 5.69 Å². The van der Waals surface area contributed by atoms with Gasteiger partial charge in [-0.2, -0.15) is 0 Å². The quantitative estimate of drug-likeness (QED) is 0.635. The summed E-state index contributed by atoms with van der Waals surface area (Å²) in [4.78, 5) is 27.9. The van der Waals surface area contributed by atoms with Gasteiger partial charge in [0.05, 0.1) is 6.61 Å². The second kappa shape index (κ2) is 9.47. The van der Waals surface area contributed by atoms with E-state index in [9.17, 15) is 9.59 Å². The number of nitrogens with zero attached hydrogens (tertiary/aromatic N) is 1. The molecule has 2 amide bonds. The minimum atomic E-state index is -0.551. The number of benzene rings is 3. The van der Waals surface area contributed by atoms with Crippen molar-refractivity contribution >= 4 is 17.5 Å². The van der Waals surface area contributed by atoms with Crippen LogP contribution in [0.15, 0.2) is 78.9 Å². The number of fused-ring (bicyclic) bond motifs is 1. The molecule has 3 aromatic carbocycles. The Morgan fingerprint density at radius 3 is 2.42 bits per heavy atom. The topological polar surface area (TPSA) is 58.6 Å². The van der Waals surface area contributed by atoms with Crippen molar-refractivity contribution in [3.05, 3.63) is 95.6 Å². The molecule has 0 fully saturated rings. The van der Waals surface area contributed by atoms with E-state index in [0.29, 0.717) is 31.6 Å². The number of hydrogen-bond donors (Lipinski definition) is 1. The third-order valence-corrected chi connectivity index (χ3v) is 5.47. The van der Waals surface area contributed by atoms with Crippen molar-refractivity contribution in [2.75, 3.05) is 18.1 Å². The number of rotatable bonds is 7. The highest BCUT2D eigenvalue weighted by molar-refractivity contribution is 6.11. The molecular weight excluding hydrogens is 388 g/mol. The molecule has 0 bridgehead atoms. The Morgan fingerprint density at radius 2 is 1.68 bits per heavy atom. The molecule has 158 valence electrons. The Bertz CT molecular complexity index is 1050. The average molecular weight is 415 g/mol. The summed E-state index contributed by atoms with van der Waals surface area (Å²) >= 11 is 0. The van der Waals surface area contributed by atoms with Crippen LogP contribution in [0.25, 0.3) is 0 Å². The van der Waals surface area contributed by atoms with Crippen LogP contribution in [-0.2, 0) is 17.6 Å². The van der Waals surface area contributed by atoms with Gasteiger partial charge in [0, 0.05) is 24.2 Å². The second-order valence-electron chi connectivity index (χ2n) is 7.51. The van der Waals surface area contributed by atoms with Crippen molar-refractivity contribution in [2.45, 2.75) is 25.8 Å². The van der Waals surface area contributed by atoms with Gasteiger partial charge in [0.1, 0.15) is 11.8 Å². The van der Waals surface area contributed by atoms with Crippen molar-refractivity contribution in [1.29, 1.82) is 0 Å². The molecule has 1 aliphatic heterocycles. The molecular formula is C26H26N2O3. The number of para-hydroxylation sites is 1. The van der Waals surface area contributed by atoms with Crippen molar-refractivity contribution in [3.63, 3.8) is 0 Å². The third kappa shape index (κ3) is 4.61. The summed E-state index contributed by atoms with van der Waals surface area (Å²) in [5, 5.41) is 3.02. The smallest absolute Gasteiger partial charge is 0.259 e. The Balaban J connectivity index is 1.44. The highest BCUT2D eigenvalue weighted by Gasteiger charge is 2.38. The number of carbonyl (C=O) groups excluding carboxylic acids is 2. The van der Waals surface area contributed by atoms with E-state index in [-0.39, 0.29) is 11.8 Å². The lowest BCUT2D eigenvalue weighted by molar-refractivity contribution is -0.122. The number of hydrogen-bond acceptors (Lipinski definition) is 3. The van der Waals surface area contributed by atoms with Crippen LogP contribution in [-0.4, -0.2) is 31.0 Å². The van der Waals surface area contributed by atoms with Crippen LogP contribution in [0.2, 0.25) is 0 Å². The van der Waals surface area contributed by atoms with E-state index in [1.807, 2.05) is 73.7 Å². The summed E-state index contributed by atoms with van der Waals surface area (Å²) in [6, 6.07) is 24.2. The Hall–Kier alpha value is -3.60. The fourth-order valence-corrected chi connectivity index (χ4v) is 3.93. The molecule has 4 rings (SSSR count). The van der Waals surface area contributed by atoms with Gasteiger partial charge in [0.2, 0.25) is 5.91 Å². The first-order chi connectivity index (χ1) is 15.2. The maximum absolute atomic E-state index is 13.2. The number of amides is 2. The highest BCUT2D eigenvalue weighted by atomic mass is 16.5. The molecule has 0 saturated heterocycles. The van der Waals surface area contributed by atoms with E-state index in [4.69, 9.17) is 4.74 Å². The fraction of sp³-hybridized carbons (Fsp3) is 0.231. The van der Waals surface area contributed by atoms with Crippen molar-refractivity contribution < 1.29 is 14.3 Å². The summed E-state index contributed by atoms with van der Waals surface area (Å²) in [7, 11) is 0. The number of carbonyl (C=O) groups is 2. The molecule has 0 aliphatic carbocycles. The van der Waals surface area contributed by atoms with Crippen LogP contribution in [0.5, 0.6) is 5.75 Å². The SMILES string of the molecule is CCOc1ccc(CCNC(=O)[C@@H]2Cc3ccccc3N2C(=O)c2ccccc2)cc1. The van der Waals surface area contributed by atoms with Gasteiger partial charge in [0.15, 0.2) is 0 Å². The van der Waals surface area contributed by atoms with Gasteiger partial charge in [0.25, 0.3) is 5.91 Å². The molecule has 5 nitrogen and oxygen atoms in total. The number of anilines is 1. The maximum atomic E-state index is 13.2. The molecule has 1 atom stereocenters. The first-order valence-corrected chi connectivity index (χ1v) is 10.6. The predicted octanol–water partition coefficient (Wildman–Crippen LogP) is 4.02. The van der Waals surface area contributed by atoms with Crippen LogP contribution in [0.1, 0.15) is 28.4 Å². The van der Waals surface area contributed by atoms with E-state index in [1.54, 1.807) is 17.0 Å². The molecule has 1 aliphatic rings. The zero-order chi connectivity index (χ0) is 21.6. The highest BCUT2D eigenvalue weighted by Crippen LogP contribution is 2.33. The molecule has 1 heterocycles. The second-order valence-corrected chi connectivity index (χ2v) is 7.51. The van der Waals surface area contributed by atoms with Gasteiger partial charge in [-0.05, 0) is 54.8 Å². The first-order valence-electron chi connectivity index (χ1n) is 10.6. The first kappa shape index (κ1) is 20.7. The molecule has 0 aromatic heterocycles. The normalized spacial score (nSPS) is 14.7. The van der Waals surface area contributed by atoms with Crippen LogP contribution in [0.3, 0.4) is 0 Å². The van der Waals surface area contributed by atoms with E-state index < -0.39 is 6.04 Å². The van der Waals surface area contributed by atoms with Gasteiger partial charge >= 0.3 is 0 Å². The Labute approximate surface area is 182 Å². The lowest BCUT2D eigenvalue weighted by Crippen LogP contribution is -2.48. The van der Waals surface area contributed by atoms with Crippen LogP contribution in [0, 0.1) is 0 Å². The number of nitrogens with one attached hydrogen (secondary N) is 1. The summed E-state index contributed by atoms with van der Waals surface area (Å²) < 4.78 is 5.47. The lowest BCUT2D eigenvalue weighted by Gasteiger charge is -2.25. The molecule has 0 saturated carbocycles. The van der Waals surface area contributed by atoms with E-state index in [1.165, 1.54) is 0 Å². The van der Waals surface area contributed by atoms with Crippen LogP contribution < -0.4 is 15.0 Å². The fourth-order valence-electron chi connectivity index (χ4n) is 3.93. The van der Waals surface area contributed by atoms with Gasteiger partial charge < -0.3 is 10.1 Å². The van der Waals surface area contributed by atoms with Crippen molar-refractivity contribution in [2.24, 2.45) is 0 Å². The molecule has 31 heavy (non-hydrogen) atoms. The van der Waals surface area contributed by atoms with E-state index in [0.717, 1.165) is 22.6 Å². The zero-order valence-electron chi connectivity index (χ0n) is 17.6. The molecule has 3 aromatic rings. The van der Waals surface area contributed by atoms with Crippen LogP contribution >= 0.6 is 0 Å². The summed E-state index contributed by atoms with van der Waals surface area (Å²) in [6.07, 6.45) is 1.23. The summed E-state index contributed by atoms with van der Waals surface area (Å²) in [5.41, 5.74) is 3.52. The molecule has 0 unspecified atom stereocenters. The van der Waals surface area contributed by atoms with Gasteiger partial charge in [-0.1, -0.05) is 48.5 Å². The minimum Gasteiger partial charge on any atom is -0.494 e. The molecule has 0 spiro atoms. The van der Waals surface area contributed by atoms with Crippen molar-refractivity contribution in [1.82, 2.24) is 5.32 Å². The van der Waals surface area contributed by atoms with Gasteiger partial charge in [-0.3, -0.25) is 14.5 Å². The standard InChI is InChI=1S/C26H26N2O3/c1-2-31-22-14-12-19(13-15-22)16-17-27-25(29)24-18-21-10-6-7-11-23(21)28(24)26(30)20-8-4-3-5-9-20/h3-15,24H,2,16-18H2,1H3,(H,27,29)/t24-/m0/s1.